The van der Waals surface area contributed by atoms with E-state index in [4.69, 9.17) is 5.26 Å². The van der Waals surface area contributed by atoms with Crippen molar-refractivity contribution in [2.75, 3.05) is 0 Å². The summed E-state index contributed by atoms with van der Waals surface area (Å²) >= 11 is 0. The Bertz CT molecular complexity index is 163. The molecule has 0 aromatic carbocycles. The standard InChI is InChI=1S/2C3H6O2.C2H3N.Fe/c2*1-2-3(4)5;1-2-3;/h2*2H2,1H3,(H,4,5);1H3;/q;;;+2/p-2. The van der Waals surface area contributed by atoms with Gasteiger partial charge in [-0.25, -0.2) is 0 Å². The molecule has 5 nitrogen and oxygen atoms in total. The van der Waals surface area contributed by atoms with Gasteiger partial charge in [0.25, 0.3) is 0 Å². The van der Waals surface area contributed by atoms with Gasteiger partial charge in [-0.3, -0.25) is 0 Å². The summed E-state index contributed by atoms with van der Waals surface area (Å²) in [5, 5.41) is 25.8. The summed E-state index contributed by atoms with van der Waals surface area (Å²) < 4.78 is 0. The maximum atomic E-state index is 9.26. The molecule has 0 radical (unpaired) electrons. The third-order valence-electron chi connectivity index (χ3n) is 0.577. The molecule has 0 saturated heterocycles. The van der Waals surface area contributed by atoms with Crippen LogP contribution < -0.4 is 10.2 Å². The molecule has 0 aromatic rings. The van der Waals surface area contributed by atoms with Gasteiger partial charge in [-0.15, -0.1) is 0 Å². The smallest absolute Gasteiger partial charge is 0.550 e. The van der Waals surface area contributed by atoms with Gasteiger partial charge in [-0.1, -0.05) is 13.8 Å². The molecular formula is C8H13FeNO4. The van der Waals surface area contributed by atoms with Gasteiger partial charge in [0.05, 0.1) is 6.07 Å². The van der Waals surface area contributed by atoms with Crippen LogP contribution in [-0.2, 0) is 26.7 Å². The predicted molar refractivity (Wildman–Crippen MR) is 41.9 cm³/mol. The van der Waals surface area contributed by atoms with Crippen molar-refractivity contribution in [3.63, 3.8) is 0 Å². The zero-order valence-corrected chi connectivity index (χ0v) is 9.45. The molecule has 0 spiro atoms. The van der Waals surface area contributed by atoms with Crippen molar-refractivity contribution >= 4 is 11.9 Å². The monoisotopic (exact) mass is 243 g/mol. The normalized spacial score (nSPS) is 5.86. The molecule has 0 amide bonds. The minimum Gasteiger partial charge on any atom is -0.550 e. The molecule has 0 atom stereocenters. The van der Waals surface area contributed by atoms with E-state index in [0.29, 0.717) is 0 Å². The number of hydrogen-bond acceptors (Lipinski definition) is 5. The summed E-state index contributed by atoms with van der Waals surface area (Å²) in [7, 11) is 0. The number of aliphatic carboxylic acids is 2. The third-order valence-corrected chi connectivity index (χ3v) is 0.577. The fourth-order valence-electron chi connectivity index (χ4n) is 0. The van der Waals surface area contributed by atoms with Crippen LogP contribution >= 0.6 is 0 Å². The molecule has 0 aliphatic heterocycles. The zero-order chi connectivity index (χ0) is 11.3. The molecular weight excluding hydrogens is 230 g/mol. The van der Waals surface area contributed by atoms with Crippen molar-refractivity contribution in [2.45, 2.75) is 33.6 Å². The maximum absolute atomic E-state index is 9.26. The van der Waals surface area contributed by atoms with E-state index in [1.54, 1.807) is 6.07 Å². The number of nitrogens with zero attached hydrogens (tertiary/aromatic N) is 1. The van der Waals surface area contributed by atoms with E-state index in [1.807, 2.05) is 0 Å². The summed E-state index contributed by atoms with van der Waals surface area (Å²) in [6.07, 6.45) is 0.222. The average Bonchev–Trinajstić information content (AvgIpc) is 2.07. The molecule has 0 rings (SSSR count). The van der Waals surface area contributed by atoms with E-state index in [0.717, 1.165) is 0 Å². The molecule has 0 unspecified atom stereocenters. The Morgan fingerprint density at radius 2 is 1.21 bits per heavy atom. The molecule has 0 saturated carbocycles. The topological polar surface area (TPSA) is 104 Å². The van der Waals surface area contributed by atoms with Crippen LogP contribution in [0.2, 0.25) is 0 Å². The summed E-state index contributed by atoms with van der Waals surface area (Å²) in [6, 6.07) is 1.75. The van der Waals surface area contributed by atoms with Gasteiger partial charge in [-0.05, 0) is 12.8 Å². The molecule has 0 aromatic heterocycles. The second kappa shape index (κ2) is 22.7. The number of hydrogen-bond donors (Lipinski definition) is 0. The van der Waals surface area contributed by atoms with Gasteiger partial charge in [0.1, 0.15) is 0 Å². The number of rotatable bonds is 2. The fraction of sp³-hybridized carbons (Fsp3) is 0.625. The van der Waals surface area contributed by atoms with Crippen LogP contribution in [0.5, 0.6) is 0 Å². The Morgan fingerprint density at radius 3 is 1.21 bits per heavy atom. The molecule has 0 aliphatic rings. The quantitative estimate of drug-likeness (QED) is 0.567. The molecule has 6 heteroatoms. The number of carbonyl (C=O) groups excluding carboxylic acids is 2. The first-order chi connectivity index (χ1) is 5.95. The third kappa shape index (κ3) is 125. The van der Waals surface area contributed by atoms with Crippen molar-refractivity contribution in [1.29, 1.82) is 5.26 Å². The van der Waals surface area contributed by atoms with E-state index >= 15 is 0 Å². The van der Waals surface area contributed by atoms with Crippen LogP contribution in [0.1, 0.15) is 33.6 Å². The SMILES string of the molecule is CC#N.CCC(=O)[O-].CCC(=O)[O-].[Fe+2]. The van der Waals surface area contributed by atoms with E-state index < -0.39 is 11.9 Å². The molecule has 0 N–H and O–H groups in total. The van der Waals surface area contributed by atoms with Crippen LogP contribution in [0.3, 0.4) is 0 Å². The van der Waals surface area contributed by atoms with Crippen LogP contribution in [0, 0.1) is 11.3 Å². The zero-order valence-electron chi connectivity index (χ0n) is 8.35. The van der Waals surface area contributed by atoms with Crippen molar-refractivity contribution in [2.24, 2.45) is 0 Å². The molecule has 0 aliphatic carbocycles. The van der Waals surface area contributed by atoms with Gasteiger partial charge >= 0.3 is 17.1 Å². The first kappa shape index (κ1) is 23.1. The average molecular weight is 243 g/mol. The van der Waals surface area contributed by atoms with E-state index in [2.05, 4.69) is 0 Å². The summed E-state index contributed by atoms with van der Waals surface area (Å²) in [5.41, 5.74) is 0. The first-order valence-corrected chi connectivity index (χ1v) is 3.66. The largest absolute Gasteiger partial charge is 2.00 e. The van der Waals surface area contributed by atoms with Gasteiger partial charge in [-0.2, -0.15) is 5.26 Å². The predicted octanol–water partition coefficient (Wildman–Crippen LogP) is -1.18. The second-order valence-corrected chi connectivity index (χ2v) is 1.67. The Morgan fingerprint density at radius 1 is 1.14 bits per heavy atom. The minimum atomic E-state index is -0.995. The fourth-order valence-corrected chi connectivity index (χ4v) is 0. The molecule has 14 heavy (non-hydrogen) atoms. The number of carboxylic acids is 2. The van der Waals surface area contributed by atoms with Gasteiger partial charge in [0.2, 0.25) is 0 Å². The molecule has 82 valence electrons. The van der Waals surface area contributed by atoms with Gasteiger partial charge < -0.3 is 19.8 Å². The van der Waals surface area contributed by atoms with Crippen LogP contribution in [0.15, 0.2) is 0 Å². The number of carboxylic acid groups (broad SMARTS) is 2. The summed E-state index contributed by atoms with van der Waals surface area (Å²) in [5.74, 6) is -1.99. The first-order valence-electron chi connectivity index (χ1n) is 3.66. The Labute approximate surface area is 94.2 Å². The number of carbonyl (C=O) groups is 2. The molecule has 0 bridgehead atoms. The van der Waals surface area contributed by atoms with Gasteiger partial charge in [0, 0.05) is 18.9 Å². The summed E-state index contributed by atoms with van der Waals surface area (Å²) in [6.45, 7) is 4.50. The van der Waals surface area contributed by atoms with E-state index in [1.165, 1.54) is 20.8 Å². The van der Waals surface area contributed by atoms with Crippen molar-refractivity contribution in [1.82, 2.24) is 0 Å². The minimum absolute atomic E-state index is 0. The van der Waals surface area contributed by atoms with Crippen molar-refractivity contribution in [3.05, 3.63) is 0 Å². The van der Waals surface area contributed by atoms with E-state index in [9.17, 15) is 19.8 Å². The second-order valence-electron chi connectivity index (χ2n) is 1.67. The van der Waals surface area contributed by atoms with Crippen LogP contribution in [0.4, 0.5) is 0 Å². The maximum Gasteiger partial charge on any atom is 2.00 e. The van der Waals surface area contributed by atoms with Crippen LogP contribution in [-0.4, -0.2) is 11.9 Å². The Balaban J connectivity index is -0.0000000535. The van der Waals surface area contributed by atoms with Crippen molar-refractivity contribution in [3.8, 4) is 6.07 Å². The molecule has 0 heterocycles. The number of nitriles is 1. The molecule has 0 fully saturated rings. The van der Waals surface area contributed by atoms with E-state index in [-0.39, 0.29) is 29.9 Å². The Hall–Kier alpha value is -1.05. The summed E-state index contributed by atoms with van der Waals surface area (Å²) in [4.78, 5) is 18.5. The van der Waals surface area contributed by atoms with Crippen LogP contribution in [0.25, 0.3) is 0 Å². The van der Waals surface area contributed by atoms with Gasteiger partial charge in [0.15, 0.2) is 0 Å². The Kier molecular flexibility index (Phi) is 37.4. The van der Waals surface area contributed by atoms with Crippen molar-refractivity contribution < 1.29 is 36.9 Å².